The molecule has 0 radical (unpaired) electrons. The first-order valence-corrected chi connectivity index (χ1v) is 15.1. The lowest BCUT2D eigenvalue weighted by atomic mass is 10.1. The van der Waals surface area contributed by atoms with Crippen LogP contribution in [-0.2, 0) is 0 Å². The number of furan rings is 1. The number of halogens is 1. The van der Waals surface area contributed by atoms with E-state index in [1.165, 1.54) is 0 Å². The summed E-state index contributed by atoms with van der Waals surface area (Å²) in [5.41, 5.74) is 7.54. The molecule has 3 heterocycles. The van der Waals surface area contributed by atoms with Gasteiger partial charge in [-0.15, -0.1) is 0 Å². The molecule has 0 aliphatic rings. The van der Waals surface area contributed by atoms with Crippen molar-refractivity contribution in [3.8, 4) is 39.9 Å². The van der Waals surface area contributed by atoms with E-state index in [9.17, 15) is 0 Å². The van der Waals surface area contributed by atoms with Crippen LogP contribution >= 0.6 is 11.6 Å². The zero-order valence-corrected chi connectivity index (χ0v) is 24.6. The van der Waals surface area contributed by atoms with Crippen molar-refractivity contribution < 1.29 is 4.42 Å². The van der Waals surface area contributed by atoms with Gasteiger partial charge in [0.15, 0.2) is 17.5 Å². The highest BCUT2D eigenvalue weighted by molar-refractivity contribution is 6.31. The number of fused-ring (bicyclic) bond motifs is 6. The Labute approximate surface area is 263 Å². The molecule has 0 bridgehead atoms. The van der Waals surface area contributed by atoms with Crippen LogP contribution < -0.4 is 0 Å². The van der Waals surface area contributed by atoms with Crippen LogP contribution in [0, 0.1) is 0 Å². The van der Waals surface area contributed by atoms with Gasteiger partial charge in [0.25, 0.3) is 0 Å². The van der Waals surface area contributed by atoms with Crippen molar-refractivity contribution in [1.82, 2.24) is 19.5 Å². The number of benzene rings is 6. The van der Waals surface area contributed by atoms with Gasteiger partial charge in [0, 0.05) is 48.9 Å². The van der Waals surface area contributed by atoms with Gasteiger partial charge in [-0.25, -0.2) is 15.0 Å². The van der Waals surface area contributed by atoms with Crippen LogP contribution in [0.4, 0.5) is 0 Å². The smallest absolute Gasteiger partial charge is 0.164 e. The predicted molar refractivity (Wildman–Crippen MR) is 183 cm³/mol. The van der Waals surface area contributed by atoms with Crippen LogP contribution in [-0.4, -0.2) is 19.5 Å². The highest BCUT2D eigenvalue weighted by atomic mass is 35.5. The van der Waals surface area contributed by atoms with Crippen molar-refractivity contribution in [3.63, 3.8) is 0 Å². The summed E-state index contributed by atoms with van der Waals surface area (Å²) in [4.78, 5) is 14.8. The number of para-hydroxylation sites is 1. The Morgan fingerprint density at radius 3 is 1.80 bits per heavy atom. The largest absolute Gasteiger partial charge is 0.456 e. The fourth-order valence-electron chi connectivity index (χ4n) is 6.21. The summed E-state index contributed by atoms with van der Waals surface area (Å²) in [7, 11) is 0. The van der Waals surface area contributed by atoms with Gasteiger partial charge >= 0.3 is 0 Å². The number of rotatable bonds is 4. The van der Waals surface area contributed by atoms with Crippen molar-refractivity contribution in [3.05, 3.63) is 145 Å². The Hall–Kier alpha value is -5.78. The third kappa shape index (κ3) is 4.28. The summed E-state index contributed by atoms with van der Waals surface area (Å²) >= 11 is 6.59. The van der Waals surface area contributed by atoms with Gasteiger partial charge < -0.3 is 8.98 Å². The van der Waals surface area contributed by atoms with E-state index in [0.29, 0.717) is 22.5 Å². The van der Waals surface area contributed by atoms with E-state index in [0.717, 1.165) is 66.1 Å². The fourth-order valence-corrected chi connectivity index (χ4v) is 6.37. The van der Waals surface area contributed by atoms with Gasteiger partial charge in [-0.05, 0) is 42.5 Å². The molecular weight excluding hydrogens is 576 g/mol. The maximum atomic E-state index is 6.59. The highest BCUT2D eigenvalue weighted by Gasteiger charge is 2.18. The molecule has 0 spiro atoms. The maximum Gasteiger partial charge on any atom is 0.164 e. The van der Waals surface area contributed by atoms with E-state index in [1.807, 2.05) is 103 Å². The van der Waals surface area contributed by atoms with Gasteiger partial charge in [-0.2, -0.15) is 0 Å². The molecule has 5 nitrogen and oxygen atoms in total. The van der Waals surface area contributed by atoms with E-state index in [2.05, 4.69) is 41.0 Å². The van der Waals surface area contributed by atoms with E-state index in [4.69, 9.17) is 31.0 Å². The highest BCUT2D eigenvalue weighted by Crippen LogP contribution is 2.39. The molecule has 0 saturated heterocycles. The lowest BCUT2D eigenvalue weighted by Crippen LogP contribution is -2.01. The van der Waals surface area contributed by atoms with Crippen molar-refractivity contribution >= 4 is 55.3 Å². The molecule has 45 heavy (non-hydrogen) atoms. The van der Waals surface area contributed by atoms with Crippen LogP contribution in [0.15, 0.2) is 144 Å². The van der Waals surface area contributed by atoms with Gasteiger partial charge in [0.2, 0.25) is 0 Å². The molecular formula is C39H23ClN4O. The Morgan fingerprint density at radius 2 is 1.07 bits per heavy atom. The van der Waals surface area contributed by atoms with Crippen molar-refractivity contribution in [2.24, 2.45) is 0 Å². The van der Waals surface area contributed by atoms with Crippen molar-refractivity contribution in [1.29, 1.82) is 0 Å². The Morgan fingerprint density at radius 1 is 0.444 bits per heavy atom. The Balaban J connectivity index is 1.29. The first kappa shape index (κ1) is 25.7. The second-order valence-electron chi connectivity index (χ2n) is 11.0. The van der Waals surface area contributed by atoms with Crippen LogP contribution in [0.1, 0.15) is 0 Å². The summed E-state index contributed by atoms with van der Waals surface area (Å²) in [6.45, 7) is 0. The van der Waals surface area contributed by atoms with Crippen LogP contribution in [0.5, 0.6) is 0 Å². The van der Waals surface area contributed by atoms with Crippen LogP contribution in [0.25, 0.3) is 83.6 Å². The lowest BCUT2D eigenvalue weighted by Gasteiger charge is -2.11. The number of nitrogens with zero attached hydrogens (tertiary/aromatic N) is 4. The fraction of sp³-hybridized carbons (Fsp3) is 0. The minimum atomic E-state index is 0.603. The minimum absolute atomic E-state index is 0.603. The second-order valence-corrected chi connectivity index (χ2v) is 11.5. The molecule has 0 saturated carbocycles. The third-order valence-electron chi connectivity index (χ3n) is 8.29. The Kier molecular flexibility index (Phi) is 5.80. The standard InChI is InChI=1S/C39H23ClN4O/c40-27-18-19-29-31-23-36-32(30-16-7-8-17-35(30)45-36)22-34(31)44(33(29)21-27)28-15-9-14-26(20-28)39-42-37(24-10-3-1-4-11-24)41-38(43-39)25-12-5-2-6-13-25/h1-23H. The molecule has 0 N–H and O–H groups in total. The molecule has 6 heteroatoms. The average molecular weight is 599 g/mol. The SMILES string of the molecule is Clc1ccc2c3cc4oc5ccccc5c4cc3n(-c3cccc(-c4nc(-c5ccccc5)nc(-c5ccccc5)n4)c3)c2c1. The molecule has 6 aromatic carbocycles. The predicted octanol–water partition coefficient (Wildman–Crippen LogP) is 10.5. The van der Waals surface area contributed by atoms with Gasteiger partial charge in [0.1, 0.15) is 11.2 Å². The van der Waals surface area contributed by atoms with E-state index in [-0.39, 0.29) is 0 Å². The maximum absolute atomic E-state index is 6.59. The molecule has 0 amide bonds. The topological polar surface area (TPSA) is 56.7 Å². The first-order chi connectivity index (χ1) is 22.2. The molecule has 0 unspecified atom stereocenters. The van der Waals surface area contributed by atoms with Gasteiger partial charge in [-0.3, -0.25) is 0 Å². The molecule has 212 valence electrons. The number of hydrogen-bond acceptors (Lipinski definition) is 4. The first-order valence-electron chi connectivity index (χ1n) is 14.7. The summed E-state index contributed by atoms with van der Waals surface area (Å²) in [6, 6.07) is 47.0. The van der Waals surface area contributed by atoms with Crippen LogP contribution in [0.2, 0.25) is 5.02 Å². The van der Waals surface area contributed by atoms with Crippen molar-refractivity contribution in [2.45, 2.75) is 0 Å². The molecule has 0 fully saturated rings. The average Bonchev–Trinajstić information content (AvgIpc) is 3.62. The monoisotopic (exact) mass is 598 g/mol. The lowest BCUT2D eigenvalue weighted by molar-refractivity contribution is 0.669. The normalized spacial score (nSPS) is 11.7. The number of aromatic nitrogens is 4. The van der Waals surface area contributed by atoms with Gasteiger partial charge in [-0.1, -0.05) is 109 Å². The summed E-state index contributed by atoms with van der Waals surface area (Å²) in [5, 5.41) is 5.03. The molecule has 0 aliphatic heterocycles. The van der Waals surface area contributed by atoms with E-state index in [1.54, 1.807) is 0 Å². The summed E-state index contributed by atoms with van der Waals surface area (Å²) in [6.07, 6.45) is 0. The zero-order valence-electron chi connectivity index (χ0n) is 23.9. The summed E-state index contributed by atoms with van der Waals surface area (Å²) < 4.78 is 8.53. The Bertz CT molecular complexity index is 2500. The van der Waals surface area contributed by atoms with E-state index >= 15 is 0 Å². The molecule has 9 rings (SSSR count). The van der Waals surface area contributed by atoms with Crippen molar-refractivity contribution in [2.75, 3.05) is 0 Å². The number of hydrogen-bond donors (Lipinski definition) is 0. The minimum Gasteiger partial charge on any atom is -0.456 e. The molecule has 3 aromatic heterocycles. The molecule has 0 aliphatic carbocycles. The zero-order chi connectivity index (χ0) is 29.9. The van der Waals surface area contributed by atoms with E-state index < -0.39 is 0 Å². The third-order valence-corrected chi connectivity index (χ3v) is 8.52. The quantitative estimate of drug-likeness (QED) is 0.202. The van der Waals surface area contributed by atoms with Gasteiger partial charge in [0.05, 0.1) is 11.0 Å². The molecule has 9 aromatic rings. The summed E-state index contributed by atoms with van der Waals surface area (Å²) in [5.74, 6) is 1.86. The second kappa shape index (κ2) is 10.2. The molecule has 0 atom stereocenters. The van der Waals surface area contributed by atoms with Crippen LogP contribution in [0.3, 0.4) is 0 Å².